The molecule has 12 heteroatoms. The summed E-state index contributed by atoms with van der Waals surface area (Å²) in [6.07, 6.45) is 58.3. The molecule has 79 heavy (non-hydrogen) atoms. The fourth-order valence-electron chi connectivity index (χ4n) is 9.09. The molecule has 0 aromatic carbocycles. The smallest absolute Gasteiger partial charge is 0.335 e. The third-order valence-electron chi connectivity index (χ3n) is 13.9. The maximum Gasteiger partial charge on any atom is 0.335 e. The first kappa shape index (κ1) is 72.9. The molecule has 0 aromatic rings. The van der Waals surface area contributed by atoms with Gasteiger partial charge >= 0.3 is 23.9 Å². The number of aliphatic hydroxyl groups is 2. The fraction of sp³-hybridized carbons (Fsp3) is 0.731. The Bertz CT molecular complexity index is 1700. The van der Waals surface area contributed by atoms with Gasteiger partial charge in [0, 0.05) is 19.3 Å². The van der Waals surface area contributed by atoms with E-state index in [4.69, 9.17) is 23.7 Å². The summed E-state index contributed by atoms with van der Waals surface area (Å²) in [5.74, 6) is -3.19. The second-order valence-electron chi connectivity index (χ2n) is 21.3. The van der Waals surface area contributed by atoms with E-state index < -0.39 is 67.3 Å². The molecule has 0 radical (unpaired) electrons. The summed E-state index contributed by atoms with van der Waals surface area (Å²) in [6.45, 7) is 5.83. The van der Waals surface area contributed by atoms with Gasteiger partial charge < -0.3 is 39.0 Å². The lowest BCUT2D eigenvalue weighted by molar-refractivity contribution is -0.301. The standard InChI is InChI=1S/C67H112O12/c1-4-7-10-13-16-19-22-25-28-29-30-31-34-35-38-41-44-47-50-53-59(68)75-56-58(77-60(69)54-51-48-45-42-39-36-32-26-23-20-17-14-11-8-5-2)57-76-67-65(63(72)62(71)64(79-67)66(73)74)78-61(70)55-52-49-46-43-40-37-33-27-24-21-18-15-12-9-6-3/h9,12,17-18,20-21,25-28,32-33,40,43,58,62-65,67,71-72H,4-8,10-11,13-16,19,22-24,29-31,34-39,41-42,44-57H2,1-3H3,(H,73,74)/b12-9-,20-17-,21-18-,28-25-,32-26-,33-27-,43-40-. The quantitative estimate of drug-likeness (QED) is 0.0228. The van der Waals surface area contributed by atoms with E-state index in [0.717, 1.165) is 96.3 Å². The molecule has 1 fully saturated rings. The minimum atomic E-state index is -1.92. The molecule has 12 nitrogen and oxygen atoms in total. The van der Waals surface area contributed by atoms with Crippen molar-refractivity contribution in [1.82, 2.24) is 0 Å². The number of aliphatic carboxylic acids is 1. The number of carbonyl (C=O) groups excluding carboxylic acids is 3. The van der Waals surface area contributed by atoms with Crippen LogP contribution >= 0.6 is 0 Å². The molecular weight excluding hydrogens is 997 g/mol. The zero-order valence-electron chi connectivity index (χ0n) is 49.8. The molecule has 1 aliphatic rings. The van der Waals surface area contributed by atoms with E-state index in [-0.39, 0.29) is 25.9 Å². The first-order chi connectivity index (χ1) is 38.6. The summed E-state index contributed by atoms with van der Waals surface area (Å²) >= 11 is 0. The molecule has 1 saturated heterocycles. The van der Waals surface area contributed by atoms with Crippen molar-refractivity contribution >= 4 is 23.9 Å². The zero-order chi connectivity index (χ0) is 57.5. The first-order valence-electron chi connectivity index (χ1n) is 31.6. The molecular formula is C67H112O12. The number of rotatable bonds is 53. The van der Waals surface area contributed by atoms with Crippen LogP contribution in [-0.2, 0) is 42.9 Å². The second-order valence-corrected chi connectivity index (χ2v) is 21.3. The molecule has 0 bridgehead atoms. The Labute approximate surface area is 480 Å². The first-order valence-corrected chi connectivity index (χ1v) is 31.6. The van der Waals surface area contributed by atoms with E-state index in [0.29, 0.717) is 25.7 Å². The second kappa shape index (κ2) is 54.5. The molecule has 0 amide bonds. The van der Waals surface area contributed by atoms with Crippen molar-refractivity contribution in [3.05, 3.63) is 85.1 Å². The molecule has 1 heterocycles. The van der Waals surface area contributed by atoms with Gasteiger partial charge in [0.2, 0.25) is 0 Å². The van der Waals surface area contributed by atoms with Crippen molar-refractivity contribution in [3.8, 4) is 0 Å². The van der Waals surface area contributed by atoms with E-state index in [1.165, 1.54) is 103 Å². The molecule has 0 aliphatic carbocycles. The normalized spacial score (nSPS) is 18.4. The fourth-order valence-corrected chi connectivity index (χ4v) is 9.09. The van der Waals surface area contributed by atoms with Crippen molar-refractivity contribution in [1.29, 1.82) is 0 Å². The van der Waals surface area contributed by atoms with Crippen LogP contribution in [0.15, 0.2) is 85.1 Å². The SMILES string of the molecule is CC/C=C\C/C=C\C/C=C\C/C=C\CCCCC(=O)OC1C(OCC(COC(=O)CCCCCCCCCCC/C=C\CCCCCCCC)OC(=O)CCCCCCC/C=C\C/C=C\CCCCC)OC(C(=O)O)C(O)C1O. The lowest BCUT2D eigenvalue weighted by atomic mass is 9.98. The summed E-state index contributed by atoms with van der Waals surface area (Å²) in [7, 11) is 0. The molecule has 1 rings (SSSR count). The predicted molar refractivity (Wildman–Crippen MR) is 321 cm³/mol. The summed E-state index contributed by atoms with van der Waals surface area (Å²) in [5.41, 5.74) is 0. The van der Waals surface area contributed by atoms with Gasteiger partial charge in [-0.1, -0.05) is 215 Å². The van der Waals surface area contributed by atoms with E-state index in [1.54, 1.807) is 0 Å². The monoisotopic (exact) mass is 1110 g/mol. The van der Waals surface area contributed by atoms with Crippen LogP contribution in [0.1, 0.15) is 265 Å². The highest BCUT2D eigenvalue weighted by Gasteiger charge is 2.50. The molecule has 0 saturated carbocycles. The third kappa shape index (κ3) is 44.3. The average molecular weight is 1110 g/mol. The van der Waals surface area contributed by atoms with Crippen LogP contribution in [0.5, 0.6) is 0 Å². The number of carboxylic acids is 1. The lowest BCUT2D eigenvalue weighted by Crippen LogP contribution is -2.61. The number of hydrogen-bond acceptors (Lipinski definition) is 11. The van der Waals surface area contributed by atoms with Crippen molar-refractivity contribution in [2.75, 3.05) is 13.2 Å². The minimum absolute atomic E-state index is 0.00393. The third-order valence-corrected chi connectivity index (χ3v) is 13.9. The molecule has 0 spiro atoms. The Hall–Kier alpha value is -4.10. The maximum atomic E-state index is 13.2. The maximum absolute atomic E-state index is 13.2. The topological polar surface area (TPSA) is 175 Å². The highest BCUT2D eigenvalue weighted by molar-refractivity contribution is 5.74. The Morgan fingerprint density at radius 1 is 0.430 bits per heavy atom. The Kier molecular flexibility index (Phi) is 50.3. The van der Waals surface area contributed by atoms with Crippen LogP contribution < -0.4 is 0 Å². The number of carbonyl (C=O) groups is 4. The molecule has 0 aromatic heterocycles. The van der Waals surface area contributed by atoms with Crippen LogP contribution in [-0.4, -0.2) is 89.2 Å². The van der Waals surface area contributed by atoms with Crippen molar-refractivity contribution in [3.63, 3.8) is 0 Å². The van der Waals surface area contributed by atoms with E-state index >= 15 is 0 Å². The number of hydrogen-bond donors (Lipinski definition) is 3. The van der Waals surface area contributed by atoms with Gasteiger partial charge in [-0.15, -0.1) is 0 Å². The molecule has 6 atom stereocenters. The van der Waals surface area contributed by atoms with Crippen LogP contribution in [0.2, 0.25) is 0 Å². The molecule has 3 N–H and O–H groups in total. The van der Waals surface area contributed by atoms with Crippen LogP contribution in [0.3, 0.4) is 0 Å². The number of ether oxygens (including phenoxy) is 5. The van der Waals surface area contributed by atoms with Gasteiger partial charge in [0.25, 0.3) is 0 Å². The summed E-state index contributed by atoms with van der Waals surface area (Å²) in [5, 5.41) is 31.5. The largest absolute Gasteiger partial charge is 0.479 e. The molecule has 6 unspecified atom stereocenters. The number of carboxylic acid groups (broad SMARTS) is 1. The number of allylic oxidation sites excluding steroid dienone is 14. The van der Waals surface area contributed by atoms with E-state index in [2.05, 4.69) is 106 Å². The van der Waals surface area contributed by atoms with Gasteiger partial charge in [-0.25, -0.2) is 4.79 Å². The highest BCUT2D eigenvalue weighted by Crippen LogP contribution is 2.26. The van der Waals surface area contributed by atoms with Gasteiger partial charge in [0.15, 0.2) is 24.6 Å². The molecule has 452 valence electrons. The van der Waals surface area contributed by atoms with Crippen molar-refractivity contribution < 1.29 is 58.2 Å². The summed E-state index contributed by atoms with van der Waals surface area (Å²) in [6, 6.07) is 0. The zero-order valence-corrected chi connectivity index (χ0v) is 49.8. The Balaban J connectivity index is 2.69. The van der Waals surface area contributed by atoms with Crippen LogP contribution in [0.4, 0.5) is 0 Å². The van der Waals surface area contributed by atoms with Crippen molar-refractivity contribution in [2.24, 2.45) is 0 Å². The minimum Gasteiger partial charge on any atom is -0.479 e. The summed E-state index contributed by atoms with van der Waals surface area (Å²) < 4.78 is 28.4. The van der Waals surface area contributed by atoms with E-state index in [9.17, 15) is 34.5 Å². The van der Waals surface area contributed by atoms with Gasteiger partial charge in [-0.2, -0.15) is 0 Å². The Morgan fingerprint density at radius 2 is 0.797 bits per heavy atom. The average Bonchev–Trinajstić information content (AvgIpc) is 3.44. The number of aliphatic hydroxyl groups excluding tert-OH is 2. The molecule has 1 aliphatic heterocycles. The number of unbranched alkanes of at least 4 members (excludes halogenated alkanes) is 25. The highest BCUT2D eigenvalue weighted by atomic mass is 16.7. The van der Waals surface area contributed by atoms with Gasteiger partial charge in [-0.05, 0) is 116 Å². The van der Waals surface area contributed by atoms with Crippen LogP contribution in [0, 0.1) is 0 Å². The Morgan fingerprint density at radius 3 is 1.28 bits per heavy atom. The number of esters is 3. The van der Waals surface area contributed by atoms with Gasteiger partial charge in [0.1, 0.15) is 18.8 Å². The van der Waals surface area contributed by atoms with E-state index in [1.807, 2.05) is 0 Å². The lowest BCUT2D eigenvalue weighted by Gasteiger charge is -2.40. The summed E-state index contributed by atoms with van der Waals surface area (Å²) in [4.78, 5) is 51.2. The van der Waals surface area contributed by atoms with Crippen molar-refractivity contribution in [2.45, 2.75) is 302 Å². The predicted octanol–water partition coefficient (Wildman–Crippen LogP) is 16.7. The van der Waals surface area contributed by atoms with Gasteiger partial charge in [0.05, 0.1) is 6.61 Å². The van der Waals surface area contributed by atoms with Crippen LogP contribution in [0.25, 0.3) is 0 Å². The van der Waals surface area contributed by atoms with Gasteiger partial charge in [-0.3, -0.25) is 14.4 Å².